The highest BCUT2D eigenvalue weighted by Gasteiger charge is 2.53. The highest BCUT2D eigenvalue weighted by atomic mass is 16.8. The molecule has 3 aliphatic rings. The molecule has 3 rings (SSSR count). The standard InChI is InChI=1S/C73H125NO18/c1-3-5-7-9-11-13-15-17-19-21-23-25-26-27-28-29-30-31-33-35-37-39-41-43-45-47-49-51-61(79)74-56(57(78)50-48-46-44-42-40-38-36-34-32-24-22-20-18-16-14-12-10-8-6-4-2)55-87-71-67(85)64(82)69(59(53-76)89-71)92-73-68(86)65(83)70(60(54-77)90-73)91-72-66(84)63(81)62(80)58(52-75)88-72/h5,7,11,13,17,19,23,25,27-28,30-31,35,37,48,50,56-60,62-73,75-78,80-86H,3-4,6,8-10,12,14-16,18,20-22,24,26,29,32-34,36,38-47,49,51-55H2,1-2H3,(H,74,79)/b7-5-,13-11-,19-17-,25-23-,28-27-,31-30-,37-35-,50-48+. The van der Waals surface area contributed by atoms with Crippen LogP contribution in [-0.2, 0) is 33.2 Å². The number of amides is 1. The van der Waals surface area contributed by atoms with Gasteiger partial charge in [0.1, 0.15) is 73.2 Å². The first kappa shape index (κ1) is 82.9. The summed E-state index contributed by atoms with van der Waals surface area (Å²) in [6.07, 6.45) is 43.7. The Balaban J connectivity index is 1.45. The van der Waals surface area contributed by atoms with Crippen LogP contribution in [0.25, 0.3) is 0 Å². The number of carbonyl (C=O) groups is 1. The van der Waals surface area contributed by atoms with E-state index in [1.54, 1.807) is 6.08 Å². The maximum atomic E-state index is 13.4. The molecular weight excluding hydrogens is 1180 g/mol. The average Bonchev–Trinajstić information content (AvgIpc) is 0.854. The Morgan fingerprint density at radius 1 is 0.402 bits per heavy atom. The second-order valence-corrected chi connectivity index (χ2v) is 25.0. The lowest BCUT2D eigenvalue weighted by Crippen LogP contribution is -2.66. The predicted octanol–water partition coefficient (Wildman–Crippen LogP) is 9.66. The van der Waals surface area contributed by atoms with Crippen molar-refractivity contribution < 1.29 is 89.4 Å². The van der Waals surface area contributed by atoms with Gasteiger partial charge in [0, 0.05) is 6.42 Å². The number of aliphatic hydroxyl groups excluding tert-OH is 11. The molecule has 17 unspecified atom stereocenters. The summed E-state index contributed by atoms with van der Waals surface area (Å²) in [6, 6.07) is -0.992. The minimum absolute atomic E-state index is 0.215. The highest BCUT2D eigenvalue weighted by Crippen LogP contribution is 2.33. The van der Waals surface area contributed by atoms with Gasteiger partial charge < -0.3 is 89.9 Å². The molecule has 3 heterocycles. The van der Waals surface area contributed by atoms with Crippen molar-refractivity contribution in [3.05, 3.63) is 97.2 Å². The lowest BCUT2D eigenvalue weighted by molar-refractivity contribution is -0.379. The molecule has 0 aliphatic carbocycles. The summed E-state index contributed by atoms with van der Waals surface area (Å²) in [4.78, 5) is 13.4. The van der Waals surface area contributed by atoms with Gasteiger partial charge in [0.2, 0.25) is 5.91 Å². The van der Waals surface area contributed by atoms with Gasteiger partial charge in [0.25, 0.3) is 0 Å². The fourth-order valence-corrected chi connectivity index (χ4v) is 11.4. The second-order valence-electron chi connectivity index (χ2n) is 25.0. The highest BCUT2D eigenvalue weighted by molar-refractivity contribution is 5.76. The van der Waals surface area contributed by atoms with Crippen molar-refractivity contribution in [3.63, 3.8) is 0 Å². The Bertz CT molecular complexity index is 2040. The Kier molecular flexibility index (Phi) is 48.5. The molecule has 0 radical (unpaired) electrons. The van der Waals surface area contributed by atoms with Crippen molar-refractivity contribution in [2.75, 3.05) is 26.4 Å². The van der Waals surface area contributed by atoms with Gasteiger partial charge in [-0.25, -0.2) is 0 Å². The molecule has 17 atom stereocenters. The third-order valence-corrected chi connectivity index (χ3v) is 17.1. The molecule has 0 aromatic heterocycles. The molecular formula is C73H125NO18. The summed E-state index contributed by atoms with van der Waals surface area (Å²) in [5.74, 6) is -0.297. The van der Waals surface area contributed by atoms with E-state index in [0.29, 0.717) is 6.42 Å². The fourth-order valence-electron chi connectivity index (χ4n) is 11.4. The van der Waals surface area contributed by atoms with Crippen LogP contribution >= 0.6 is 0 Å². The summed E-state index contributed by atoms with van der Waals surface area (Å²) in [5, 5.41) is 121. The summed E-state index contributed by atoms with van der Waals surface area (Å²) in [6.45, 7) is 1.60. The normalized spacial score (nSPS) is 28.3. The van der Waals surface area contributed by atoms with Crippen molar-refractivity contribution in [2.45, 2.75) is 330 Å². The van der Waals surface area contributed by atoms with Gasteiger partial charge in [-0.05, 0) is 77.0 Å². The summed E-state index contributed by atoms with van der Waals surface area (Å²) >= 11 is 0. The van der Waals surface area contributed by atoms with E-state index >= 15 is 0 Å². The number of unbranched alkanes of at least 4 members (excludes halogenated alkanes) is 23. The molecule has 92 heavy (non-hydrogen) atoms. The van der Waals surface area contributed by atoms with E-state index < -0.39 is 124 Å². The fraction of sp³-hybridized carbons (Fsp3) is 0.767. The van der Waals surface area contributed by atoms with Crippen LogP contribution in [0.5, 0.6) is 0 Å². The number of aliphatic hydroxyl groups is 11. The number of nitrogens with one attached hydrogen (secondary N) is 1. The van der Waals surface area contributed by atoms with Crippen molar-refractivity contribution >= 4 is 5.91 Å². The summed E-state index contributed by atoms with van der Waals surface area (Å²) in [7, 11) is 0. The smallest absolute Gasteiger partial charge is 0.220 e. The molecule has 3 fully saturated rings. The summed E-state index contributed by atoms with van der Waals surface area (Å²) in [5.41, 5.74) is 0. The molecule has 530 valence electrons. The predicted molar refractivity (Wildman–Crippen MR) is 360 cm³/mol. The molecule has 3 saturated heterocycles. The number of carbonyl (C=O) groups excluding carboxylic acids is 1. The van der Waals surface area contributed by atoms with Gasteiger partial charge in [-0.1, -0.05) is 239 Å². The van der Waals surface area contributed by atoms with Crippen molar-refractivity contribution in [1.29, 1.82) is 0 Å². The Morgan fingerprint density at radius 2 is 0.750 bits per heavy atom. The van der Waals surface area contributed by atoms with E-state index in [9.17, 15) is 61.0 Å². The van der Waals surface area contributed by atoms with Crippen LogP contribution in [-0.4, -0.2) is 193 Å². The quantitative estimate of drug-likeness (QED) is 0.0199. The number of rotatable bonds is 53. The van der Waals surface area contributed by atoms with E-state index in [1.165, 1.54) is 96.3 Å². The van der Waals surface area contributed by atoms with Crippen LogP contribution in [0.2, 0.25) is 0 Å². The van der Waals surface area contributed by atoms with Gasteiger partial charge in [0.05, 0.1) is 38.6 Å². The molecule has 0 saturated carbocycles. The largest absolute Gasteiger partial charge is 0.394 e. The van der Waals surface area contributed by atoms with Crippen LogP contribution in [0.15, 0.2) is 97.2 Å². The second kappa shape index (κ2) is 53.8. The third kappa shape index (κ3) is 35.1. The summed E-state index contributed by atoms with van der Waals surface area (Å²) < 4.78 is 34.4. The van der Waals surface area contributed by atoms with Gasteiger partial charge in [0.15, 0.2) is 18.9 Å². The van der Waals surface area contributed by atoms with E-state index in [-0.39, 0.29) is 18.9 Å². The first-order chi connectivity index (χ1) is 44.8. The van der Waals surface area contributed by atoms with Crippen LogP contribution < -0.4 is 5.32 Å². The molecule has 19 nitrogen and oxygen atoms in total. The van der Waals surface area contributed by atoms with Crippen LogP contribution in [0.3, 0.4) is 0 Å². The van der Waals surface area contributed by atoms with Gasteiger partial charge >= 0.3 is 0 Å². The van der Waals surface area contributed by atoms with Crippen LogP contribution in [0.1, 0.15) is 226 Å². The lowest BCUT2D eigenvalue weighted by atomic mass is 9.96. The zero-order valence-corrected chi connectivity index (χ0v) is 56.0. The molecule has 0 aromatic rings. The number of hydrogen-bond acceptors (Lipinski definition) is 18. The molecule has 0 bridgehead atoms. The average molecular weight is 1300 g/mol. The van der Waals surface area contributed by atoms with Crippen LogP contribution in [0, 0.1) is 0 Å². The molecule has 0 aromatic carbocycles. The SMILES string of the molecule is CC/C=C\C/C=C\C/C=C\C/C=C\C/C=C\C/C=C\C/C=C\CCCCCCCC(=O)NC(COC1OC(CO)C(OC2OC(CO)C(OC3OC(CO)C(O)C(O)C3O)C(O)C2O)C(O)C1O)C(O)/C=C/CCCCCCCCCCCCCCCCCCCC. The minimum Gasteiger partial charge on any atom is -0.394 e. The molecule has 3 aliphatic heterocycles. The molecule has 1 amide bonds. The van der Waals surface area contributed by atoms with Crippen molar-refractivity contribution in [2.24, 2.45) is 0 Å². The zero-order chi connectivity index (χ0) is 66.8. The zero-order valence-electron chi connectivity index (χ0n) is 56.0. The van der Waals surface area contributed by atoms with Gasteiger partial charge in [-0.15, -0.1) is 0 Å². The van der Waals surface area contributed by atoms with E-state index in [2.05, 4.69) is 104 Å². The van der Waals surface area contributed by atoms with Crippen molar-refractivity contribution in [3.8, 4) is 0 Å². The first-order valence-corrected chi connectivity index (χ1v) is 35.5. The Hall–Kier alpha value is -3.29. The molecule has 12 N–H and O–H groups in total. The van der Waals surface area contributed by atoms with E-state index in [0.717, 1.165) is 103 Å². The van der Waals surface area contributed by atoms with Crippen molar-refractivity contribution in [1.82, 2.24) is 5.32 Å². The molecule has 19 heteroatoms. The topological polar surface area (TPSA) is 307 Å². The van der Waals surface area contributed by atoms with E-state index in [1.807, 2.05) is 6.08 Å². The Morgan fingerprint density at radius 3 is 1.17 bits per heavy atom. The number of ether oxygens (including phenoxy) is 6. The third-order valence-electron chi connectivity index (χ3n) is 17.1. The Labute approximate surface area is 552 Å². The van der Waals surface area contributed by atoms with Gasteiger partial charge in [-0.3, -0.25) is 4.79 Å². The maximum absolute atomic E-state index is 13.4. The monoisotopic (exact) mass is 1300 g/mol. The number of hydrogen-bond donors (Lipinski definition) is 12. The van der Waals surface area contributed by atoms with Crippen LogP contribution in [0.4, 0.5) is 0 Å². The molecule has 0 spiro atoms. The first-order valence-electron chi connectivity index (χ1n) is 35.5. The maximum Gasteiger partial charge on any atom is 0.220 e. The van der Waals surface area contributed by atoms with Gasteiger partial charge in [-0.2, -0.15) is 0 Å². The van der Waals surface area contributed by atoms with E-state index in [4.69, 9.17) is 28.4 Å². The lowest BCUT2D eigenvalue weighted by Gasteiger charge is -2.48. The minimum atomic E-state index is -1.99. The number of allylic oxidation sites excluding steroid dienone is 15.